The maximum atomic E-state index is 13.6. The zero-order valence-electron chi connectivity index (χ0n) is 21.2. The van der Waals surface area contributed by atoms with E-state index >= 15 is 0 Å². The predicted molar refractivity (Wildman–Crippen MR) is 138 cm³/mol. The third-order valence-electron chi connectivity index (χ3n) is 8.04. The lowest BCUT2D eigenvalue weighted by atomic mass is 9.86. The Morgan fingerprint density at radius 2 is 1.76 bits per heavy atom. The van der Waals surface area contributed by atoms with E-state index in [9.17, 15) is 22.8 Å². The molecule has 6 nitrogen and oxygen atoms in total. The summed E-state index contributed by atoms with van der Waals surface area (Å²) in [6.45, 7) is 5.66. The van der Waals surface area contributed by atoms with Gasteiger partial charge in [-0.25, -0.2) is 0 Å². The minimum atomic E-state index is -4.52. The summed E-state index contributed by atoms with van der Waals surface area (Å²) >= 11 is 0. The van der Waals surface area contributed by atoms with Crippen LogP contribution in [0.1, 0.15) is 73.9 Å². The number of carbonyl (C=O) groups is 2. The van der Waals surface area contributed by atoms with Crippen LogP contribution in [-0.4, -0.2) is 41.9 Å². The van der Waals surface area contributed by atoms with Crippen LogP contribution < -0.4 is 16.0 Å². The van der Waals surface area contributed by atoms with Gasteiger partial charge in [0.1, 0.15) is 0 Å². The SMILES string of the molecule is CC1(C)C(=O)Nc2cc(NC(=O)c3ccc(C(F)(F)F)cc3N[C@H]3CCCC[C@@H]3N3CCCC3)ccc21. The zero-order chi connectivity index (χ0) is 26.4. The van der Waals surface area contributed by atoms with Crippen molar-refractivity contribution in [3.8, 4) is 0 Å². The standard InChI is InChI=1S/C28H33F3N4O2/c1-27(2)20-12-10-18(16-23(20)34-26(27)37)32-25(36)19-11-9-17(28(29,30)31)15-22(19)33-21-7-3-4-8-24(21)35-13-5-6-14-35/h9-12,15-16,21,24,33H,3-8,13-14H2,1-2H3,(H,32,36)(H,34,37)/t21-,24-/m0/s1. The van der Waals surface area contributed by atoms with Crippen LogP contribution in [0.2, 0.25) is 0 Å². The fraction of sp³-hybridized carbons (Fsp3) is 0.500. The number of nitrogens with one attached hydrogen (secondary N) is 3. The maximum Gasteiger partial charge on any atom is 0.416 e. The Morgan fingerprint density at radius 3 is 2.49 bits per heavy atom. The van der Waals surface area contributed by atoms with Gasteiger partial charge in [-0.2, -0.15) is 13.2 Å². The Morgan fingerprint density at radius 1 is 1.03 bits per heavy atom. The van der Waals surface area contributed by atoms with Gasteiger partial charge in [0.15, 0.2) is 0 Å². The first-order chi connectivity index (χ1) is 17.5. The van der Waals surface area contributed by atoms with Gasteiger partial charge >= 0.3 is 6.18 Å². The van der Waals surface area contributed by atoms with Crippen LogP contribution in [0.4, 0.5) is 30.2 Å². The minimum absolute atomic E-state index is 0.0284. The van der Waals surface area contributed by atoms with Crippen LogP contribution in [0.15, 0.2) is 36.4 Å². The average Bonchev–Trinajstić information content (AvgIpc) is 3.45. The summed E-state index contributed by atoms with van der Waals surface area (Å²) in [6.07, 6.45) is 1.70. The molecule has 2 heterocycles. The third kappa shape index (κ3) is 5.06. The van der Waals surface area contributed by atoms with Crippen molar-refractivity contribution in [3.05, 3.63) is 53.1 Å². The molecule has 2 atom stereocenters. The molecule has 2 aromatic rings. The van der Waals surface area contributed by atoms with Crippen molar-refractivity contribution in [3.63, 3.8) is 0 Å². The van der Waals surface area contributed by atoms with Crippen LogP contribution in [-0.2, 0) is 16.4 Å². The largest absolute Gasteiger partial charge is 0.416 e. The summed E-state index contributed by atoms with van der Waals surface area (Å²) < 4.78 is 40.8. The first kappa shape index (κ1) is 25.6. The number of fused-ring (bicyclic) bond motifs is 1. The maximum absolute atomic E-state index is 13.6. The van der Waals surface area contributed by atoms with E-state index in [0.717, 1.165) is 69.3 Å². The molecule has 0 aromatic heterocycles. The second kappa shape index (κ2) is 9.67. The molecular weight excluding hydrogens is 481 g/mol. The molecule has 3 aliphatic rings. The highest BCUT2D eigenvalue weighted by Crippen LogP contribution is 2.39. The molecule has 2 amide bonds. The van der Waals surface area contributed by atoms with Gasteiger partial charge in [-0.3, -0.25) is 14.5 Å². The number of carbonyl (C=O) groups excluding carboxylic acids is 2. The quantitative estimate of drug-likeness (QED) is 0.457. The molecule has 198 valence electrons. The molecule has 5 rings (SSSR count). The number of halogens is 3. The number of hydrogen-bond acceptors (Lipinski definition) is 4. The molecule has 1 saturated carbocycles. The van der Waals surface area contributed by atoms with Gasteiger partial charge in [0, 0.05) is 29.1 Å². The molecule has 0 bridgehead atoms. The van der Waals surface area contributed by atoms with Gasteiger partial charge in [0.25, 0.3) is 5.91 Å². The van der Waals surface area contributed by atoms with Gasteiger partial charge in [-0.05, 0) is 88.5 Å². The molecular formula is C28H33F3N4O2. The molecule has 3 N–H and O–H groups in total. The molecule has 0 spiro atoms. The fourth-order valence-corrected chi connectivity index (χ4v) is 5.90. The second-order valence-corrected chi connectivity index (χ2v) is 10.9. The van der Waals surface area contributed by atoms with E-state index in [0.29, 0.717) is 11.4 Å². The van der Waals surface area contributed by atoms with E-state index in [1.54, 1.807) is 18.2 Å². The number of nitrogens with zero attached hydrogens (tertiary/aromatic N) is 1. The van der Waals surface area contributed by atoms with E-state index in [1.165, 1.54) is 6.07 Å². The predicted octanol–water partition coefficient (Wildman–Crippen LogP) is 6.01. The van der Waals surface area contributed by atoms with Crippen LogP contribution in [0.25, 0.3) is 0 Å². The number of amides is 2. The summed E-state index contributed by atoms with van der Waals surface area (Å²) in [5, 5.41) is 8.99. The second-order valence-electron chi connectivity index (χ2n) is 10.9. The number of benzene rings is 2. The van der Waals surface area contributed by atoms with Crippen molar-refractivity contribution in [1.29, 1.82) is 0 Å². The highest BCUT2D eigenvalue weighted by atomic mass is 19.4. The molecule has 9 heteroatoms. The summed E-state index contributed by atoms with van der Waals surface area (Å²) in [6, 6.07) is 8.64. The Bertz CT molecular complexity index is 1200. The Labute approximate surface area is 215 Å². The topological polar surface area (TPSA) is 73.5 Å². The minimum Gasteiger partial charge on any atom is -0.380 e. The monoisotopic (exact) mass is 514 g/mol. The first-order valence-electron chi connectivity index (χ1n) is 13.0. The molecule has 0 unspecified atom stereocenters. The lowest BCUT2D eigenvalue weighted by Crippen LogP contribution is -2.47. The third-order valence-corrected chi connectivity index (χ3v) is 8.04. The van der Waals surface area contributed by atoms with Crippen LogP contribution in [0, 0.1) is 0 Å². The van der Waals surface area contributed by atoms with Gasteiger partial charge in [0.2, 0.25) is 5.91 Å². The van der Waals surface area contributed by atoms with Gasteiger partial charge in [-0.1, -0.05) is 18.9 Å². The average molecular weight is 515 g/mol. The van der Waals surface area contributed by atoms with Crippen molar-refractivity contribution < 1.29 is 22.8 Å². The van der Waals surface area contributed by atoms with Crippen molar-refractivity contribution >= 4 is 28.9 Å². The van der Waals surface area contributed by atoms with Crippen LogP contribution >= 0.6 is 0 Å². The van der Waals surface area contributed by atoms with Crippen LogP contribution in [0.5, 0.6) is 0 Å². The zero-order valence-corrected chi connectivity index (χ0v) is 21.2. The number of anilines is 3. The summed E-state index contributed by atoms with van der Waals surface area (Å²) in [5.41, 5.74) is 0.797. The van der Waals surface area contributed by atoms with Crippen molar-refractivity contribution in [2.24, 2.45) is 0 Å². The van der Waals surface area contributed by atoms with Crippen molar-refractivity contribution in [1.82, 2.24) is 4.90 Å². The molecule has 2 aliphatic heterocycles. The number of likely N-dealkylation sites (tertiary alicyclic amines) is 1. The van der Waals surface area contributed by atoms with Gasteiger partial charge < -0.3 is 16.0 Å². The van der Waals surface area contributed by atoms with Gasteiger partial charge in [-0.15, -0.1) is 0 Å². The number of rotatable bonds is 5. The molecule has 2 fully saturated rings. The molecule has 2 aromatic carbocycles. The highest BCUT2D eigenvalue weighted by molar-refractivity contribution is 6.10. The van der Waals surface area contributed by atoms with E-state index in [1.807, 2.05) is 13.8 Å². The van der Waals surface area contributed by atoms with E-state index in [-0.39, 0.29) is 29.2 Å². The van der Waals surface area contributed by atoms with Crippen LogP contribution in [0.3, 0.4) is 0 Å². The molecule has 1 saturated heterocycles. The van der Waals surface area contributed by atoms with E-state index in [2.05, 4.69) is 20.9 Å². The number of hydrogen-bond donors (Lipinski definition) is 3. The normalized spacial score (nSPS) is 23.4. The fourth-order valence-electron chi connectivity index (χ4n) is 5.90. The van der Waals surface area contributed by atoms with Gasteiger partial charge in [0.05, 0.1) is 16.5 Å². The lowest BCUT2D eigenvalue weighted by Gasteiger charge is -2.39. The van der Waals surface area contributed by atoms with Crippen molar-refractivity contribution in [2.75, 3.05) is 29.0 Å². The lowest BCUT2D eigenvalue weighted by molar-refractivity contribution is -0.137. The van der Waals surface area contributed by atoms with E-state index < -0.39 is 23.1 Å². The first-order valence-corrected chi connectivity index (χ1v) is 13.0. The molecule has 1 aliphatic carbocycles. The Hall–Kier alpha value is -3.07. The van der Waals surface area contributed by atoms with Crippen molar-refractivity contribution in [2.45, 2.75) is 76.0 Å². The Balaban J connectivity index is 1.42. The highest BCUT2D eigenvalue weighted by Gasteiger charge is 2.38. The number of alkyl halides is 3. The van der Waals surface area contributed by atoms with E-state index in [4.69, 9.17) is 0 Å². The smallest absolute Gasteiger partial charge is 0.380 e. The molecule has 37 heavy (non-hydrogen) atoms. The molecule has 0 radical (unpaired) electrons. The summed E-state index contributed by atoms with van der Waals surface area (Å²) in [7, 11) is 0. The Kier molecular flexibility index (Phi) is 6.68. The summed E-state index contributed by atoms with van der Waals surface area (Å²) in [5.74, 6) is -0.631. The summed E-state index contributed by atoms with van der Waals surface area (Å²) in [4.78, 5) is 28.0.